The van der Waals surface area contributed by atoms with Crippen LogP contribution in [-0.2, 0) is 0 Å². The van der Waals surface area contributed by atoms with Gasteiger partial charge in [0.2, 0.25) is 0 Å². The van der Waals surface area contributed by atoms with E-state index in [0.717, 1.165) is 29.1 Å². The third-order valence-corrected chi connectivity index (χ3v) is 2.97. The van der Waals surface area contributed by atoms with Crippen molar-refractivity contribution in [3.05, 3.63) is 16.5 Å². The SMILES string of the molecule is CCC(CC)Nc1cc(Br)nc(C(C)C)n1. The van der Waals surface area contributed by atoms with Crippen LogP contribution in [0.4, 0.5) is 5.82 Å². The van der Waals surface area contributed by atoms with Crippen LogP contribution in [0.5, 0.6) is 0 Å². The number of rotatable bonds is 5. The molecule has 0 fully saturated rings. The zero-order valence-corrected chi connectivity index (χ0v) is 12.0. The highest BCUT2D eigenvalue weighted by Gasteiger charge is 2.09. The van der Waals surface area contributed by atoms with Crippen molar-refractivity contribution >= 4 is 21.7 Å². The summed E-state index contributed by atoms with van der Waals surface area (Å²) < 4.78 is 0.847. The van der Waals surface area contributed by atoms with Crippen molar-refractivity contribution in [2.24, 2.45) is 0 Å². The third-order valence-electron chi connectivity index (χ3n) is 2.57. The fraction of sp³-hybridized carbons (Fsp3) is 0.667. The van der Waals surface area contributed by atoms with Crippen LogP contribution in [0.2, 0.25) is 0 Å². The monoisotopic (exact) mass is 285 g/mol. The van der Waals surface area contributed by atoms with Gasteiger partial charge in [0.1, 0.15) is 16.2 Å². The average molecular weight is 286 g/mol. The normalized spacial score (nSPS) is 11.2. The fourth-order valence-corrected chi connectivity index (χ4v) is 1.87. The third kappa shape index (κ3) is 3.74. The molecule has 1 heterocycles. The van der Waals surface area contributed by atoms with E-state index in [2.05, 4.69) is 58.9 Å². The minimum absolute atomic E-state index is 0.347. The van der Waals surface area contributed by atoms with Crippen molar-refractivity contribution in [1.29, 1.82) is 0 Å². The lowest BCUT2D eigenvalue weighted by molar-refractivity contribution is 0.664. The first-order valence-electron chi connectivity index (χ1n) is 5.87. The van der Waals surface area contributed by atoms with E-state index < -0.39 is 0 Å². The van der Waals surface area contributed by atoms with Gasteiger partial charge in [0.25, 0.3) is 0 Å². The van der Waals surface area contributed by atoms with Gasteiger partial charge < -0.3 is 5.32 Å². The van der Waals surface area contributed by atoms with Gasteiger partial charge in [0.05, 0.1) is 0 Å². The average Bonchev–Trinajstić information content (AvgIpc) is 2.25. The van der Waals surface area contributed by atoms with E-state index in [1.807, 2.05) is 6.07 Å². The van der Waals surface area contributed by atoms with Crippen molar-refractivity contribution in [2.45, 2.75) is 52.5 Å². The Balaban J connectivity index is 2.87. The highest BCUT2D eigenvalue weighted by Crippen LogP contribution is 2.18. The van der Waals surface area contributed by atoms with Crippen LogP contribution in [0, 0.1) is 0 Å². The smallest absolute Gasteiger partial charge is 0.134 e. The number of nitrogens with one attached hydrogen (secondary N) is 1. The summed E-state index contributed by atoms with van der Waals surface area (Å²) in [6.07, 6.45) is 2.21. The number of anilines is 1. The Labute approximate surface area is 106 Å². The molecule has 0 saturated carbocycles. The fourth-order valence-electron chi connectivity index (χ4n) is 1.47. The van der Waals surface area contributed by atoms with Crippen molar-refractivity contribution in [1.82, 2.24) is 9.97 Å². The number of aromatic nitrogens is 2. The van der Waals surface area contributed by atoms with Crippen LogP contribution in [0.3, 0.4) is 0 Å². The molecule has 90 valence electrons. The quantitative estimate of drug-likeness (QED) is 0.832. The molecule has 1 aromatic heterocycles. The molecule has 4 heteroatoms. The molecule has 3 nitrogen and oxygen atoms in total. The summed E-state index contributed by atoms with van der Waals surface area (Å²) in [6, 6.07) is 2.42. The van der Waals surface area contributed by atoms with E-state index in [1.54, 1.807) is 0 Å². The number of halogens is 1. The molecule has 0 aliphatic heterocycles. The molecule has 1 N–H and O–H groups in total. The second kappa shape index (κ2) is 6.18. The molecule has 1 aromatic rings. The van der Waals surface area contributed by atoms with Crippen LogP contribution in [-0.4, -0.2) is 16.0 Å². The highest BCUT2D eigenvalue weighted by atomic mass is 79.9. The molecule has 0 saturated heterocycles. The molecule has 1 rings (SSSR count). The molecule has 0 spiro atoms. The second-order valence-corrected chi connectivity index (χ2v) is 5.06. The van der Waals surface area contributed by atoms with Gasteiger partial charge >= 0.3 is 0 Å². The Morgan fingerprint density at radius 3 is 2.38 bits per heavy atom. The number of nitrogens with zero attached hydrogens (tertiary/aromatic N) is 2. The Kier molecular flexibility index (Phi) is 5.19. The van der Waals surface area contributed by atoms with Crippen LogP contribution in [0.25, 0.3) is 0 Å². The largest absolute Gasteiger partial charge is 0.367 e. The van der Waals surface area contributed by atoms with E-state index in [9.17, 15) is 0 Å². The summed E-state index contributed by atoms with van der Waals surface area (Å²) in [5.74, 6) is 2.14. The van der Waals surface area contributed by atoms with Crippen LogP contribution < -0.4 is 5.32 Å². The lowest BCUT2D eigenvalue weighted by atomic mass is 10.2. The predicted molar refractivity (Wildman–Crippen MR) is 71.8 cm³/mol. The zero-order valence-electron chi connectivity index (χ0n) is 10.4. The summed E-state index contributed by atoms with van der Waals surface area (Å²) in [5, 5.41) is 3.43. The highest BCUT2D eigenvalue weighted by molar-refractivity contribution is 9.10. The van der Waals surface area contributed by atoms with Crippen molar-refractivity contribution in [3.63, 3.8) is 0 Å². The molecule has 0 atom stereocenters. The predicted octanol–water partition coefficient (Wildman–Crippen LogP) is 3.96. The second-order valence-electron chi connectivity index (χ2n) is 4.25. The van der Waals surface area contributed by atoms with Gasteiger partial charge in [0, 0.05) is 18.0 Å². The summed E-state index contributed by atoms with van der Waals surface area (Å²) >= 11 is 3.42. The summed E-state index contributed by atoms with van der Waals surface area (Å²) in [6.45, 7) is 8.56. The lowest BCUT2D eigenvalue weighted by Gasteiger charge is -2.16. The molecule has 0 amide bonds. The Hall–Kier alpha value is -0.640. The molecule has 0 unspecified atom stereocenters. The van der Waals surface area contributed by atoms with Crippen molar-refractivity contribution in [3.8, 4) is 0 Å². The molecular formula is C12H20BrN3. The summed E-state index contributed by atoms with van der Waals surface area (Å²) in [7, 11) is 0. The van der Waals surface area contributed by atoms with Crippen molar-refractivity contribution < 1.29 is 0 Å². The standard InChI is InChI=1S/C12H20BrN3/c1-5-9(6-2)14-11-7-10(13)15-12(16-11)8(3)4/h7-9H,5-6H2,1-4H3,(H,14,15,16). The first kappa shape index (κ1) is 13.4. The molecule has 0 aromatic carbocycles. The maximum atomic E-state index is 4.52. The van der Waals surface area contributed by atoms with Crippen molar-refractivity contribution in [2.75, 3.05) is 5.32 Å². The Morgan fingerprint density at radius 2 is 1.88 bits per heavy atom. The van der Waals surface area contributed by atoms with Gasteiger partial charge in [-0.2, -0.15) is 0 Å². The van der Waals surface area contributed by atoms with Gasteiger partial charge in [-0.15, -0.1) is 0 Å². The number of hydrogen-bond donors (Lipinski definition) is 1. The molecule has 0 bridgehead atoms. The Morgan fingerprint density at radius 1 is 1.25 bits per heavy atom. The lowest BCUT2D eigenvalue weighted by Crippen LogP contribution is -2.18. The molecule has 0 aliphatic rings. The molecular weight excluding hydrogens is 266 g/mol. The van der Waals surface area contributed by atoms with Crippen LogP contribution >= 0.6 is 15.9 Å². The van der Waals surface area contributed by atoms with E-state index >= 15 is 0 Å². The van der Waals surface area contributed by atoms with Crippen LogP contribution in [0.15, 0.2) is 10.7 Å². The van der Waals surface area contributed by atoms with E-state index in [1.165, 1.54) is 0 Å². The maximum Gasteiger partial charge on any atom is 0.134 e. The van der Waals surface area contributed by atoms with Gasteiger partial charge in [0.15, 0.2) is 0 Å². The topological polar surface area (TPSA) is 37.8 Å². The summed E-state index contributed by atoms with van der Waals surface area (Å²) in [4.78, 5) is 8.87. The molecule has 0 radical (unpaired) electrons. The van der Waals surface area contributed by atoms with Gasteiger partial charge in [-0.25, -0.2) is 9.97 Å². The molecule has 0 aliphatic carbocycles. The van der Waals surface area contributed by atoms with Gasteiger partial charge in [-0.3, -0.25) is 0 Å². The molecule has 16 heavy (non-hydrogen) atoms. The minimum Gasteiger partial charge on any atom is -0.367 e. The maximum absolute atomic E-state index is 4.52. The van der Waals surface area contributed by atoms with E-state index in [0.29, 0.717) is 12.0 Å². The van der Waals surface area contributed by atoms with E-state index in [-0.39, 0.29) is 0 Å². The summed E-state index contributed by atoms with van der Waals surface area (Å²) in [5.41, 5.74) is 0. The first-order valence-corrected chi connectivity index (χ1v) is 6.67. The Bertz CT molecular complexity index is 335. The van der Waals surface area contributed by atoms with Gasteiger partial charge in [-0.05, 0) is 28.8 Å². The first-order chi connectivity index (χ1) is 7.56. The van der Waals surface area contributed by atoms with E-state index in [4.69, 9.17) is 0 Å². The zero-order chi connectivity index (χ0) is 12.1. The van der Waals surface area contributed by atoms with Gasteiger partial charge in [-0.1, -0.05) is 27.7 Å². The number of hydrogen-bond acceptors (Lipinski definition) is 3. The van der Waals surface area contributed by atoms with Crippen LogP contribution in [0.1, 0.15) is 52.3 Å². The minimum atomic E-state index is 0.347.